The van der Waals surface area contributed by atoms with Crippen LogP contribution in [0.1, 0.15) is 11.1 Å². The summed E-state index contributed by atoms with van der Waals surface area (Å²) in [6, 6.07) is 13.4. The van der Waals surface area contributed by atoms with Gasteiger partial charge in [-0.05, 0) is 47.0 Å². The number of rotatable bonds is 1. The van der Waals surface area contributed by atoms with Crippen molar-refractivity contribution in [3.8, 4) is 11.1 Å². The molecule has 0 amide bonds. The van der Waals surface area contributed by atoms with Crippen LogP contribution in [0.15, 0.2) is 60.8 Å². The maximum atomic E-state index is 12.0. The SMILES string of the molecule is Cc1c(Br)oc2c(C)c3oc(=O)cc(-c4ccccc4)c3cc12. The predicted molar refractivity (Wildman–Crippen MR) is 94.9 cm³/mol. The van der Waals surface area contributed by atoms with Crippen LogP contribution in [-0.2, 0) is 0 Å². The molecule has 114 valence electrons. The van der Waals surface area contributed by atoms with Crippen LogP contribution in [0.5, 0.6) is 0 Å². The normalized spacial score (nSPS) is 11.4. The summed E-state index contributed by atoms with van der Waals surface area (Å²) < 4.78 is 12.0. The molecule has 0 N–H and O–H groups in total. The highest BCUT2D eigenvalue weighted by atomic mass is 79.9. The zero-order chi connectivity index (χ0) is 16.1. The molecule has 0 radical (unpaired) electrons. The van der Waals surface area contributed by atoms with Gasteiger partial charge in [0.25, 0.3) is 0 Å². The second-order valence-corrected chi connectivity index (χ2v) is 6.32. The van der Waals surface area contributed by atoms with Crippen molar-refractivity contribution in [2.45, 2.75) is 13.8 Å². The lowest BCUT2D eigenvalue weighted by atomic mass is 9.98. The number of hydrogen-bond donors (Lipinski definition) is 0. The first-order valence-corrected chi connectivity index (χ1v) is 8.07. The second kappa shape index (κ2) is 5.10. The van der Waals surface area contributed by atoms with Crippen LogP contribution in [0.25, 0.3) is 33.1 Å². The van der Waals surface area contributed by atoms with E-state index in [1.807, 2.05) is 50.2 Å². The molecule has 2 heterocycles. The van der Waals surface area contributed by atoms with Crippen LogP contribution in [-0.4, -0.2) is 0 Å². The first-order valence-electron chi connectivity index (χ1n) is 7.27. The second-order valence-electron chi connectivity index (χ2n) is 5.60. The molecule has 0 aliphatic carbocycles. The van der Waals surface area contributed by atoms with Crippen LogP contribution in [0.4, 0.5) is 0 Å². The van der Waals surface area contributed by atoms with Crippen LogP contribution in [0, 0.1) is 13.8 Å². The van der Waals surface area contributed by atoms with Crippen molar-refractivity contribution < 1.29 is 8.83 Å². The number of halogens is 1. The van der Waals surface area contributed by atoms with E-state index in [1.165, 1.54) is 0 Å². The summed E-state index contributed by atoms with van der Waals surface area (Å²) in [5.74, 6) is 0. The van der Waals surface area contributed by atoms with Gasteiger partial charge < -0.3 is 8.83 Å². The van der Waals surface area contributed by atoms with Crippen LogP contribution >= 0.6 is 15.9 Å². The van der Waals surface area contributed by atoms with Crippen molar-refractivity contribution in [1.29, 1.82) is 0 Å². The molecule has 0 spiro atoms. The molecule has 2 aromatic carbocycles. The van der Waals surface area contributed by atoms with Gasteiger partial charge in [0.05, 0.1) is 0 Å². The average molecular weight is 369 g/mol. The molecule has 4 heteroatoms. The third-order valence-corrected chi connectivity index (χ3v) is 4.95. The van der Waals surface area contributed by atoms with Gasteiger partial charge >= 0.3 is 5.63 Å². The Balaban J connectivity index is 2.22. The van der Waals surface area contributed by atoms with Gasteiger partial charge in [-0.3, -0.25) is 0 Å². The topological polar surface area (TPSA) is 43.4 Å². The zero-order valence-electron chi connectivity index (χ0n) is 12.6. The molecule has 0 saturated carbocycles. The highest BCUT2D eigenvalue weighted by Crippen LogP contribution is 2.38. The first kappa shape index (κ1) is 14.3. The van der Waals surface area contributed by atoms with Crippen molar-refractivity contribution in [2.24, 2.45) is 0 Å². The predicted octanol–water partition coefficient (Wildman–Crippen LogP) is 5.59. The van der Waals surface area contributed by atoms with Gasteiger partial charge in [0, 0.05) is 28.0 Å². The fourth-order valence-electron chi connectivity index (χ4n) is 2.98. The van der Waals surface area contributed by atoms with E-state index in [1.54, 1.807) is 6.07 Å². The summed E-state index contributed by atoms with van der Waals surface area (Å²) >= 11 is 3.43. The molecule has 2 aromatic heterocycles. The molecule has 0 aliphatic heterocycles. The summed E-state index contributed by atoms with van der Waals surface area (Å²) in [5.41, 5.74) is 4.70. The molecule has 0 bridgehead atoms. The molecule has 0 saturated heterocycles. The van der Waals surface area contributed by atoms with Gasteiger partial charge in [-0.1, -0.05) is 30.3 Å². The van der Waals surface area contributed by atoms with Crippen LogP contribution in [0.3, 0.4) is 0 Å². The molecule has 0 fully saturated rings. The van der Waals surface area contributed by atoms with E-state index in [2.05, 4.69) is 15.9 Å². The van der Waals surface area contributed by atoms with E-state index >= 15 is 0 Å². The fraction of sp³-hybridized carbons (Fsp3) is 0.105. The molecule has 4 rings (SSSR count). The molecular weight excluding hydrogens is 356 g/mol. The Morgan fingerprint density at radius 3 is 2.30 bits per heavy atom. The van der Waals surface area contributed by atoms with Gasteiger partial charge in [-0.2, -0.15) is 0 Å². The molecule has 4 aromatic rings. The maximum absolute atomic E-state index is 12.0. The summed E-state index contributed by atoms with van der Waals surface area (Å²) in [6.45, 7) is 3.92. The van der Waals surface area contributed by atoms with E-state index in [-0.39, 0.29) is 5.63 Å². The van der Waals surface area contributed by atoms with Crippen LogP contribution in [0.2, 0.25) is 0 Å². The summed E-state index contributed by atoms with van der Waals surface area (Å²) in [7, 11) is 0. The van der Waals surface area contributed by atoms with Gasteiger partial charge in [-0.15, -0.1) is 0 Å². The third kappa shape index (κ3) is 2.13. The lowest BCUT2D eigenvalue weighted by Gasteiger charge is -2.08. The molecule has 23 heavy (non-hydrogen) atoms. The highest BCUT2D eigenvalue weighted by Gasteiger charge is 2.17. The lowest BCUT2D eigenvalue weighted by molar-refractivity contribution is 0.554. The summed E-state index contributed by atoms with van der Waals surface area (Å²) in [4.78, 5) is 12.0. The maximum Gasteiger partial charge on any atom is 0.336 e. The number of benzene rings is 2. The molecule has 0 atom stereocenters. The minimum Gasteiger partial charge on any atom is -0.449 e. The van der Waals surface area contributed by atoms with Gasteiger partial charge in [-0.25, -0.2) is 4.79 Å². The molecular formula is C19H13BrO3. The number of furan rings is 1. The summed E-state index contributed by atoms with van der Waals surface area (Å²) in [6.07, 6.45) is 0. The number of aryl methyl sites for hydroxylation is 2. The fourth-order valence-corrected chi connectivity index (χ4v) is 3.35. The van der Waals surface area contributed by atoms with E-state index in [0.29, 0.717) is 10.3 Å². The van der Waals surface area contributed by atoms with Crippen LogP contribution < -0.4 is 5.63 Å². The quantitative estimate of drug-likeness (QED) is 0.411. The Bertz CT molecular complexity index is 1100. The van der Waals surface area contributed by atoms with E-state index in [0.717, 1.165) is 38.6 Å². The Morgan fingerprint density at radius 2 is 1.57 bits per heavy atom. The summed E-state index contributed by atoms with van der Waals surface area (Å²) in [5, 5.41) is 1.94. The largest absolute Gasteiger partial charge is 0.449 e. The minimum atomic E-state index is -0.360. The van der Waals surface area contributed by atoms with E-state index in [9.17, 15) is 4.79 Å². The monoisotopic (exact) mass is 368 g/mol. The van der Waals surface area contributed by atoms with Crippen molar-refractivity contribution >= 4 is 37.9 Å². The van der Waals surface area contributed by atoms with Crippen molar-refractivity contribution in [3.63, 3.8) is 0 Å². The van der Waals surface area contributed by atoms with E-state index < -0.39 is 0 Å². The first-order chi connectivity index (χ1) is 11.1. The smallest absolute Gasteiger partial charge is 0.336 e. The Hall–Kier alpha value is -2.33. The lowest BCUT2D eigenvalue weighted by Crippen LogP contribution is -1.99. The van der Waals surface area contributed by atoms with Crippen molar-refractivity contribution in [1.82, 2.24) is 0 Å². The van der Waals surface area contributed by atoms with Crippen molar-refractivity contribution in [3.05, 3.63) is 68.7 Å². The number of fused-ring (bicyclic) bond motifs is 2. The standard InChI is InChI=1S/C19H13BrO3/c1-10-13-8-15-14(12-6-4-3-5-7-12)9-16(21)22-18(15)11(2)17(13)23-19(10)20/h3-9H,1-2H3. The minimum absolute atomic E-state index is 0.360. The van der Waals surface area contributed by atoms with E-state index in [4.69, 9.17) is 8.83 Å². The molecule has 3 nitrogen and oxygen atoms in total. The van der Waals surface area contributed by atoms with Gasteiger partial charge in [0.2, 0.25) is 0 Å². The Labute approximate surface area is 140 Å². The third-order valence-electron chi connectivity index (χ3n) is 4.19. The molecule has 0 unspecified atom stereocenters. The average Bonchev–Trinajstić information content (AvgIpc) is 2.84. The highest BCUT2D eigenvalue weighted by molar-refractivity contribution is 9.10. The molecule has 0 aliphatic rings. The Morgan fingerprint density at radius 1 is 0.870 bits per heavy atom. The van der Waals surface area contributed by atoms with Crippen molar-refractivity contribution in [2.75, 3.05) is 0 Å². The number of hydrogen-bond acceptors (Lipinski definition) is 3. The Kier molecular flexibility index (Phi) is 3.16. The van der Waals surface area contributed by atoms with Gasteiger partial charge in [0.15, 0.2) is 4.67 Å². The van der Waals surface area contributed by atoms with Gasteiger partial charge in [0.1, 0.15) is 11.2 Å². The zero-order valence-corrected chi connectivity index (χ0v) is 14.2.